The minimum absolute atomic E-state index is 0.0601. The van der Waals surface area contributed by atoms with Crippen LogP contribution in [-0.4, -0.2) is 28.4 Å². The van der Waals surface area contributed by atoms with Crippen molar-refractivity contribution in [3.63, 3.8) is 0 Å². The van der Waals surface area contributed by atoms with E-state index < -0.39 is 5.97 Å². The molecule has 2 aromatic rings. The molecule has 4 saturated carbocycles. The molecule has 1 amide bonds. The van der Waals surface area contributed by atoms with Gasteiger partial charge in [-0.1, -0.05) is 0 Å². The number of hydrogen-bond acceptors (Lipinski definition) is 6. The molecule has 29 heavy (non-hydrogen) atoms. The fourth-order valence-electron chi connectivity index (χ4n) is 6.27. The standard InChI is InChI=1S/C21H25N3O4S/c25-17(9-21-6-12-3-13(7-21)5-14(4-12)8-21)22-10-18(26)28-11-16-23-15-1-2-29-19(15)20(27)24-16/h1-2,12-14H,3-11H2,(H,22,25)(H,23,24,27). The molecule has 4 fully saturated rings. The number of thiophene rings is 1. The number of hydrogen-bond donors (Lipinski definition) is 2. The highest BCUT2D eigenvalue weighted by Crippen LogP contribution is 2.61. The second-order valence-electron chi connectivity index (χ2n) is 9.18. The Morgan fingerprint density at radius 2 is 1.90 bits per heavy atom. The van der Waals surface area contributed by atoms with Gasteiger partial charge < -0.3 is 15.0 Å². The van der Waals surface area contributed by atoms with Crippen LogP contribution in [0.3, 0.4) is 0 Å². The van der Waals surface area contributed by atoms with E-state index in [-0.39, 0.29) is 30.0 Å². The topological polar surface area (TPSA) is 101 Å². The molecule has 0 spiro atoms. The quantitative estimate of drug-likeness (QED) is 0.707. The van der Waals surface area contributed by atoms with Crippen LogP contribution in [0.4, 0.5) is 0 Å². The zero-order valence-electron chi connectivity index (χ0n) is 16.2. The number of esters is 1. The molecule has 0 unspecified atom stereocenters. The normalized spacial score (nSPS) is 29.9. The molecule has 0 atom stereocenters. The van der Waals surface area contributed by atoms with Crippen LogP contribution in [0.15, 0.2) is 16.2 Å². The van der Waals surface area contributed by atoms with Crippen LogP contribution >= 0.6 is 11.3 Å². The Balaban J connectivity index is 1.11. The highest BCUT2D eigenvalue weighted by molar-refractivity contribution is 7.17. The number of carbonyl (C=O) groups is 2. The Hall–Kier alpha value is -2.22. The third-order valence-corrected chi connectivity index (χ3v) is 7.77. The molecule has 2 N–H and O–H groups in total. The van der Waals surface area contributed by atoms with E-state index in [1.807, 2.05) is 0 Å². The summed E-state index contributed by atoms with van der Waals surface area (Å²) in [6.45, 7) is -0.277. The Bertz CT molecular complexity index is 975. The number of nitrogens with zero attached hydrogens (tertiary/aromatic N) is 1. The van der Waals surface area contributed by atoms with E-state index in [4.69, 9.17) is 4.74 Å². The smallest absolute Gasteiger partial charge is 0.325 e. The molecule has 4 aliphatic rings. The van der Waals surface area contributed by atoms with Crippen molar-refractivity contribution in [2.24, 2.45) is 23.2 Å². The van der Waals surface area contributed by atoms with Crippen molar-refractivity contribution in [1.82, 2.24) is 15.3 Å². The lowest BCUT2D eigenvalue weighted by atomic mass is 9.49. The predicted octanol–water partition coefficient (Wildman–Crippen LogP) is 2.75. The van der Waals surface area contributed by atoms with E-state index in [9.17, 15) is 14.4 Å². The molecular formula is C21H25N3O4S. The van der Waals surface area contributed by atoms with Gasteiger partial charge in [-0.2, -0.15) is 0 Å². The summed E-state index contributed by atoms with van der Waals surface area (Å²) in [5.41, 5.74) is 0.510. The molecule has 154 valence electrons. The van der Waals surface area contributed by atoms with Gasteiger partial charge in [-0.15, -0.1) is 11.3 Å². The van der Waals surface area contributed by atoms with Crippen molar-refractivity contribution in [3.05, 3.63) is 27.6 Å². The van der Waals surface area contributed by atoms with E-state index in [1.165, 1.54) is 49.9 Å². The van der Waals surface area contributed by atoms with Gasteiger partial charge in [0.2, 0.25) is 5.91 Å². The maximum Gasteiger partial charge on any atom is 0.325 e. The summed E-state index contributed by atoms with van der Waals surface area (Å²) in [5.74, 6) is 2.11. The van der Waals surface area contributed by atoms with Crippen molar-refractivity contribution in [1.29, 1.82) is 0 Å². The van der Waals surface area contributed by atoms with Crippen LogP contribution < -0.4 is 10.9 Å². The molecule has 4 bridgehead atoms. The number of fused-ring (bicyclic) bond motifs is 1. The summed E-state index contributed by atoms with van der Waals surface area (Å²) in [6.07, 6.45) is 8.07. The predicted molar refractivity (Wildman–Crippen MR) is 108 cm³/mol. The van der Waals surface area contributed by atoms with Crippen LogP contribution in [0.5, 0.6) is 0 Å². The highest BCUT2D eigenvalue weighted by Gasteiger charge is 2.51. The molecule has 0 radical (unpaired) electrons. The van der Waals surface area contributed by atoms with Crippen molar-refractivity contribution < 1.29 is 14.3 Å². The number of aromatic nitrogens is 2. The van der Waals surface area contributed by atoms with Crippen LogP contribution in [0, 0.1) is 23.2 Å². The zero-order chi connectivity index (χ0) is 20.0. The lowest BCUT2D eigenvalue weighted by molar-refractivity contribution is -0.146. The average molecular weight is 416 g/mol. The largest absolute Gasteiger partial charge is 0.456 e. The summed E-state index contributed by atoms with van der Waals surface area (Å²) in [5, 5.41) is 4.52. The van der Waals surface area contributed by atoms with Gasteiger partial charge in [0, 0.05) is 6.42 Å². The van der Waals surface area contributed by atoms with Gasteiger partial charge in [0.15, 0.2) is 0 Å². The van der Waals surface area contributed by atoms with E-state index in [0.29, 0.717) is 22.5 Å². The van der Waals surface area contributed by atoms with Crippen molar-refractivity contribution in [2.75, 3.05) is 6.54 Å². The van der Waals surface area contributed by atoms with Gasteiger partial charge in [-0.05, 0) is 73.1 Å². The number of rotatable bonds is 6. The number of ether oxygens (including phenoxy) is 1. The first-order valence-electron chi connectivity index (χ1n) is 10.4. The molecule has 0 aromatic carbocycles. The fraction of sp³-hybridized carbons (Fsp3) is 0.619. The minimum atomic E-state index is -0.531. The van der Waals surface area contributed by atoms with Gasteiger partial charge in [0.25, 0.3) is 5.56 Å². The second kappa shape index (κ2) is 7.23. The van der Waals surface area contributed by atoms with Crippen LogP contribution in [0.1, 0.15) is 50.8 Å². The lowest BCUT2D eigenvalue weighted by Crippen LogP contribution is -2.48. The van der Waals surface area contributed by atoms with Crippen molar-refractivity contribution >= 4 is 33.4 Å². The van der Waals surface area contributed by atoms with Gasteiger partial charge in [0.1, 0.15) is 23.7 Å². The number of carbonyl (C=O) groups excluding carboxylic acids is 2. The number of amides is 1. The number of aromatic amines is 1. The molecular weight excluding hydrogens is 390 g/mol. The molecule has 4 aliphatic carbocycles. The second-order valence-corrected chi connectivity index (χ2v) is 10.1. The number of H-pyrrole nitrogens is 1. The number of nitrogens with one attached hydrogen (secondary N) is 2. The first kappa shape index (κ1) is 18.8. The van der Waals surface area contributed by atoms with Crippen molar-refractivity contribution in [3.8, 4) is 0 Å². The van der Waals surface area contributed by atoms with Gasteiger partial charge >= 0.3 is 5.97 Å². The van der Waals surface area contributed by atoms with Crippen LogP contribution in [0.25, 0.3) is 10.2 Å². The first-order valence-corrected chi connectivity index (χ1v) is 11.2. The Morgan fingerprint density at radius 3 is 2.59 bits per heavy atom. The lowest BCUT2D eigenvalue weighted by Gasteiger charge is -2.56. The molecule has 7 nitrogen and oxygen atoms in total. The summed E-state index contributed by atoms with van der Waals surface area (Å²) in [7, 11) is 0. The maximum atomic E-state index is 12.5. The third kappa shape index (κ3) is 3.82. The van der Waals surface area contributed by atoms with Gasteiger partial charge in [-0.3, -0.25) is 14.4 Å². The van der Waals surface area contributed by atoms with E-state index >= 15 is 0 Å². The van der Waals surface area contributed by atoms with Gasteiger partial charge in [0.05, 0.1) is 5.52 Å². The Labute approximate surface area is 172 Å². The average Bonchev–Trinajstić information content (AvgIpc) is 3.12. The van der Waals surface area contributed by atoms with E-state index in [1.54, 1.807) is 11.4 Å². The SMILES string of the molecule is O=C(CC12CC3CC(CC(C3)C1)C2)NCC(=O)OCc1nc2ccsc2c(=O)[nH]1. The highest BCUT2D eigenvalue weighted by atomic mass is 32.1. The third-order valence-electron chi connectivity index (χ3n) is 6.86. The molecule has 8 heteroatoms. The summed E-state index contributed by atoms with van der Waals surface area (Å²) in [6, 6.07) is 1.76. The minimum Gasteiger partial charge on any atom is -0.456 e. The van der Waals surface area contributed by atoms with Gasteiger partial charge in [-0.25, -0.2) is 4.98 Å². The molecule has 0 aliphatic heterocycles. The zero-order valence-corrected chi connectivity index (χ0v) is 17.1. The molecule has 0 saturated heterocycles. The van der Waals surface area contributed by atoms with Crippen molar-refractivity contribution in [2.45, 2.75) is 51.6 Å². The molecule has 6 rings (SSSR count). The summed E-state index contributed by atoms with van der Waals surface area (Å²) >= 11 is 1.32. The van der Waals surface area contributed by atoms with Crippen LogP contribution in [-0.2, 0) is 20.9 Å². The first-order chi connectivity index (χ1) is 14.0. The summed E-state index contributed by atoms with van der Waals surface area (Å²) < 4.78 is 5.72. The Morgan fingerprint density at radius 1 is 1.21 bits per heavy atom. The van der Waals surface area contributed by atoms with E-state index in [0.717, 1.165) is 17.8 Å². The van der Waals surface area contributed by atoms with E-state index in [2.05, 4.69) is 15.3 Å². The van der Waals surface area contributed by atoms with Crippen LogP contribution in [0.2, 0.25) is 0 Å². The Kier molecular flexibility index (Phi) is 4.69. The molecule has 2 aromatic heterocycles. The fourth-order valence-corrected chi connectivity index (χ4v) is 7.00. The monoisotopic (exact) mass is 415 g/mol. The summed E-state index contributed by atoms with van der Waals surface area (Å²) in [4.78, 5) is 43.4. The molecule has 2 heterocycles. The maximum absolute atomic E-state index is 12.5.